The zero-order valence-corrected chi connectivity index (χ0v) is 13.8. The van der Waals surface area contributed by atoms with Gasteiger partial charge in [-0.2, -0.15) is 10.4 Å². The summed E-state index contributed by atoms with van der Waals surface area (Å²) in [7, 11) is 0. The number of hydrogen-bond acceptors (Lipinski definition) is 4. The molecule has 0 aliphatic heterocycles. The summed E-state index contributed by atoms with van der Waals surface area (Å²) in [6.07, 6.45) is 9.42. The van der Waals surface area contributed by atoms with Crippen molar-refractivity contribution in [3.05, 3.63) is 11.8 Å². The van der Waals surface area contributed by atoms with Crippen LogP contribution in [0, 0.1) is 17.2 Å². The number of nitriles is 1. The van der Waals surface area contributed by atoms with Crippen LogP contribution in [-0.2, 0) is 10.3 Å². The van der Waals surface area contributed by atoms with Crippen LogP contribution in [0.2, 0.25) is 0 Å². The average molecular weight is 329 g/mol. The van der Waals surface area contributed by atoms with Crippen LogP contribution in [0.15, 0.2) is 6.20 Å². The topological polar surface area (TPSA) is 114 Å². The normalized spacial score (nSPS) is 19.5. The molecule has 24 heavy (non-hydrogen) atoms. The fraction of sp³-hybridized carbons (Fsp3) is 0.647. The predicted octanol–water partition coefficient (Wildman–Crippen LogP) is 2.29. The second kappa shape index (κ2) is 6.63. The molecule has 0 radical (unpaired) electrons. The summed E-state index contributed by atoms with van der Waals surface area (Å²) in [5, 5.41) is 16.4. The minimum Gasteiger partial charge on any atom is -0.365 e. The minimum absolute atomic E-state index is 0.136. The highest BCUT2D eigenvalue weighted by atomic mass is 16.2. The summed E-state index contributed by atoms with van der Waals surface area (Å²) in [4.78, 5) is 23.8. The number of amides is 2. The predicted molar refractivity (Wildman–Crippen MR) is 88.0 cm³/mol. The van der Waals surface area contributed by atoms with Gasteiger partial charge in [-0.05, 0) is 31.6 Å². The average Bonchev–Trinajstić information content (AvgIpc) is 3.24. The molecule has 2 aliphatic rings. The highest BCUT2D eigenvalue weighted by molar-refractivity contribution is 6.01. The zero-order chi connectivity index (χ0) is 17.2. The Labute approximate surface area is 141 Å². The van der Waals surface area contributed by atoms with E-state index in [0.29, 0.717) is 18.8 Å². The molecule has 2 fully saturated rings. The molecule has 0 unspecified atom stereocenters. The molecule has 2 saturated carbocycles. The Morgan fingerprint density at radius 2 is 2.08 bits per heavy atom. The molecule has 128 valence electrons. The van der Waals surface area contributed by atoms with Crippen molar-refractivity contribution in [1.82, 2.24) is 9.78 Å². The van der Waals surface area contributed by atoms with Crippen molar-refractivity contribution in [1.29, 1.82) is 5.26 Å². The van der Waals surface area contributed by atoms with Crippen molar-refractivity contribution < 1.29 is 9.59 Å². The molecule has 1 aromatic heterocycles. The molecule has 3 rings (SSSR count). The molecular formula is C17H23N5O2. The quantitative estimate of drug-likeness (QED) is 0.833. The molecule has 7 heteroatoms. The molecule has 7 nitrogen and oxygen atoms in total. The van der Waals surface area contributed by atoms with Crippen LogP contribution in [0.1, 0.15) is 68.1 Å². The fourth-order valence-electron chi connectivity index (χ4n) is 3.50. The van der Waals surface area contributed by atoms with Gasteiger partial charge in [-0.15, -0.1) is 0 Å². The van der Waals surface area contributed by atoms with E-state index >= 15 is 0 Å². The van der Waals surface area contributed by atoms with Gasteiger partial charge in [0.2, 0.25) is 5.91 Å². The second-order valence-corrected chi connectivity index (χ2v) is 7.02. The smallest absolute Gasteiger partial charge is 0.254 e. The van der Waals surface area contributed by atoms with E-state index in [1.54, 1.807) is 10.9 Å². The van der Waals surface area contributed by atoms with Gasteiger partial charge >= 0.3 is 0 Å². The van der Waals surface area contributed by atoms with E-state index < -0.39 is 11.4 Å². The standard InChI is InChI=1S/C17H23N5O2/c18-9-8-17(6-2-1-3-7-17)22-11-13(15(19)24)16(21-22)20-14(23)10-12-4-5-12/h11-12H,1-8,10H2,(H2,19,24)(H,20,21,23). The van der Waals surface area contributed by atoms with Crippen molar-refractivity contribution in [3.63, 3.8) is 0 Å². The summed E-state index contributed by atoms with van der Waals surface area (Å²) < 4.78 is 1.70. The number of carbonyl (C=O) groups is 2. The van der Waals surface area contributed by atoms with Crippen molar-refractivity contribution in [2.45, 2.75) is 63.3 Å². The van der Waals surface area contributed by atoms with Gasteiger partial charge in [0.1, 0.15) is 5.56 Å². The maximum Gasteiger partial charge on any atom is 0.254 e. The summed E-state index contributed by atoms with van der Waals surface area (Å²) in [5.41, 5.74) is 5.26. The molecule has 2 aliphatic carbocycles. The first kappa shape index (κ1) is 16.5. The summed E-state index contributed by atoms with van der Waals surface area (Å²) in [5.74, 6) is -0.0856. The maximum absolute atomic E-state index is 12.1. The Morgan fingerprint density at radius 3 is 2.67 bits per heavy atom. The van der Waals surface area contributed by atoms with Crippen molar-refractivity contribution >= 4 is 17.6 Å². The van der Waals surface area contributed by atoms with Crippen LogP contribution in [-0.4, -0.2) is 21.6 Å². The third-order valence-corrected chi connectivity index (χ3v) is 5.09. The molecule has 0 saturated heterocycles. The number of carbonyl (C=O) groups excluding carboxylic acids is 2. The third-order valence-electron chi connectivity index (χ3n) is 5.09. The van der Waals surface area contributed by atoms with Gasteiger partial charge in [0.25, 0.3) is 5.91 Å². The number of hydrogen-bond donors (Lipinski definition) is 2. The SMILES string of the molecule is N#CCC1(n2cc(C(N)=O)c(NC(=O)CC3CC3)n2)CCCCC1. The summed E-state index contributed by atoms with van der Waals surface area (Å²) >= 11 is 0. The molecule has 1 heterocycles. The Hall–Kier alpha value is -2.36. The van der Waals surface area contributed by atoms with Gasteiger partial charge in [-0.3, -0.25) is 14.3 Å². The Bertz CT molecular complexity index is 678. The number of nitrogens with one attached hydrogen (secondary N) is 1. The molecular weight excluding hydrogens is 306 g/mol. The summed E-state index contributed by atoms with van der Waals surface area (Å²) in [6, 6.07) is 2.25. The zero-order valence-electron chi connectivity index (χ0n) is 13.8. The van der Waals surface area contributed by atoms with E-state index in [4.69, 9.17) is 5.73 Å². The minimum atomic E-state index is -0.620. The number of nitrogens with two attached hydrogens (primary N) is 1. The number of rotatable bonds is 6. The van der Waals surface area contributed by atoms with E-state index in [0.717, 1.165) is 44.9 Å². The first-order chi connectivity index (χ1) is 11.5. The fourth-order valence-corrected chi connectivity index (χ4v) is 3.50. The van der Waals surface area contributed by atoms with E-state index in [1.807, 2.05) is 0 Å². The lowest BCUT2D eigenvalue weighted by Gasteiger charge is -2.35. The van der Waals surface area contributed by atoms with Crippen LogP contribution in [0.5, 0.6) is 0 Å². The van der Waals surface area contributed by atoms with Crippen molar-refractivity contribution in [2.75, 3.05) is 5.32 Å². The third kappa shape index (κ3) is 3.42. The van der Waals surface area contributed by atoms with Gasteiger partial charge in [-0.1, -0.05) is 19.3 Å². The molecule has 2 amide bonds. The molecule has 0 aromatic carbocycles. The number of primary amides is 1. The first-order valence-corrected chi connectivity index (χ1v) is 8.61. The monoisotopic (exact) mass is 329 g/mol. The van der Waals surface area contributed by atoms with Gasteiger partial charge in [0, 0.05) is 12.6 Å². The van der Waals surface area contributed by atoms with Gasteiger partial charge < -0.3 is 11.1 Å². The second-order valence-electron chi connectivity index (χ2n) is 7.02. The lowest BCUT2D eigenvalue weighted by atomic mass is 9.80. The van der Waals surface area contributed by atoms with E-state index in [1.165, 1.54) is 0 Å². The maximum atomic E-state index is 12.1. The number of nitrogens with zero attached hydrogens (tertiary/aromatic N) is 3. The Morgan fingerprint density at radius 1 is 1.38 bits per heavy atom. The molecule has 0 spiro atoms. The van der Waals surface area contributed by atoms with Crippen LogP contribution >= 0.6 is 0 Å². The Kier molecular flexibility index (Phi) is 4.56. The van der Waals surface area contributed by atoms with E-state index in [9.17, 15) is 14.9 Å². The molecule has 0 atom stereocenters. The molecule has 0 bridgehead atoms. The lowest BCUT2D eigenvalue weighted by molar-refractivity contribution is -0.116. The van der Waals surface area contributed by atoms with Crippen molar-refractivity contribution in [2.24, 2.45) is 11.7 Å². The largest absolute Gasteiger partial charge is 0.365 e. The van der Waals surface area contributed by atoms with Gasteiger partial charge in [0.05, 0.1) is 18.0 Å². The van der Waals surface area contributed by atoms with Gasteiger partial charge in [-0.25, -0.2) is 0 Å². The Balaban J connectivity index is 1.87. The van der Waals surface area contributed by atoms with Crippen molar-refractivity contribution in [3.8, 4) is 6.07 Å². The van der Waals surface area contributed by atoms with Crippen LogP contribution < -0.4 is 11.1 Å². The highest BCUT2D eigenvalue weighted by Crippen LogP contribution is 2.38. The van der Waals surface area contributed by atoms with Gasteiger partial charge in [0.15, 0.2) is 5.82 Å². The number of anilines is 1. The lowest BCUT2D eigenvalue weighted by Crippen LogP contribution is -2.36. The van der Waals surface area contributed by atoms with E-state index in [-0.39, 0.29) is 17.3 Å². The van der Waals surface area contributed by atoms with Crippen LogP contribution in [0.3, 0.4) is 0 Å². The highest BCUT2D eigenvalue weighted by Gasteiger charge is 2.36. The summed E-state index contributed by atoms with van der Waals surface area (Å²) in [6.45, 7) is 0. The molecule has 1 aromatic rings. The first-order valence-electron chi connectivity index (χ1n) is 8.61. The van der Waals surface area contributed by atoms with E-state index in [2.05, 4.69) is 16.5 Å². The van der Waals surface area contributed by atoms with Crippen LogP contribution in [0.4, 0.5) is 5.82 Å². The van der Waals surface area contributed by atoms with Crippen LogP contribution in [0.25, 0.3) is 0 Å². The molecule has 3 N–H and O–H groups in total. The number of aromatic nitrogens is 2.